The van der Waals surface area contributed by atoms with Crippen molar-refractivity contribution in [3.05, 3.63) is 69.4 Å². The minimum absolute atomic E-state index is 0.288. The number of hydrogen-bond donors (Lipinski definition) is 1. The van der Waals surface area contributed by atoms with E-state index in [9.17, 15) is 9.59 Å². The highest BCUT2D eigenvalue weighted by molar-refractivity contribution is 7.21. The number of anilines is 1. The number of amides is 1. The number of para-hydroxylation sites is 2. The highest BCUT2D eigenvalue weighted by Gasteiger charge is 2.17. The molecule has 4 rings (SSSR count). The molecule has 0 bridgehead atoms. The van der Waals surface area contributed by atoms with Crippen LogP contribution >= 0.6 is 11.3 Å². The summed E-state index contributed by atoms with van der Waals surface area (Å²) in [5, 5.41) is 4.12. The highest BCUT2D eigenvalue weighted by atomic mass is 32.1. The Morgan fingerprint density at radius 3 is 2.78 bits per heavy atom. The van der Waals surface area contributed by atoms with Crippen molar-refractivity contribution in [1.29, 1.82) is 0 Å². The molecule has 5 nitrogen and oxygen atoms in total. The van der Waals surface area contributed by atoms with E-state index in [2.05, 4.69) is 5.32 Å². The van der Waals surface area contributed by atoms with Crippen LogP contribution < -0.4 is 15.7 Å². The van der Waals surface area contributed by atoms with Gasteiger partial charge >= 0.3 is 5.63 Å². The number of rotatable bonds is 4. The summed E-state index contributed by atoms with van der Waals surface area (Å²) in [4.78, 5) is 25.5. The van der Waals surface area contributed by atoms with Gasteiger partial charge in [-0.3, -0.25) is 4.79 Å². The zero-order chi connectivity index (χ0) is 19.0. The molecule has 2 heterocycles. The van der Waals surface area contributed by atoms with Crippen molar-refractivity contribution in [3.63, 3.8) is 0 Å². The van der Waals surface area contributed by atoms with E-state index in [1.165, 1.54) is 11.3 Å². The van der Waals surface area contributed by atoms with Crippen molar-refractivity contribution in [1.82, 2.24) is 0 Å². The average molecular weight is 379 g/mol. The predicted octanol–water partition coefficient (Wildman–Crippen LogP) is 4.97. The van der Waals surface area contributed by atoms with Gasteiger partial charge in [-0.05, 0) is 44.2 Å². The van der Waals surface area contributed by atoms with Crippen LogP contribution in [0.1, 0.15) is 22.2 Å². The van der Waals surface area contributed by atoms with Crippen LogP contribution in [-0.4, -0.2) is 12.5 Å². The molecule has 1 amide bonds. The second-order valence-corrected chi connectivity index (χ2v) is 7.18. The summed E-state index contributed by atoms with van der Waals surface area (Å²) in [6.07, 6.45) is 0. The number of benzene rings is 2. The van der Waals surface area contributed by atoms with E-state index in [0.29, 0.717) is 33.9 Å². The molecule has 0 saturated heterocycles. The lowest BCUT2D eigenvalue weighted by molar-refractivity contribution is 0.103. The fourth-order valence-electron chi connectivity index (χ4n) is 2.95. The van der Waals surface area contributed by atoms with Crippen molar-refractivity contribution in [2.45, 2.75) is 13.8 Å². The van der Waals surface area contributed by atoms with Gasteiger partial charge in [-0.1, -0.05) is 23.8 Å². The highest BCUT2D eigenvalue weighted by Crippen LogP contribution is 2.32. The lowest BCUT2D eigenvalue weighted by Crippen LogP contribution is -2.11. The first kappa shape index (κ1) is 17.3. The third-order valence-electron chi connectivity index (χ3n) is 4.19. The Morgan fingerprint density at radius 2 is 1.96 bits per heavy atom. The average Bonchev–Trinajstić information content (AvgIpc) is 3.11. The number of fused-ring (bicyclic) bond motifs is 3. The molecule has 0 saturated carbocycles. The maximum absolute atomic E-state index is 12.8. The number of thiophene rings is 1. The topological polar surface area (TPSA) is 68.5 Å². The molecule has 0 fully saturated rings. The smallest absolute Gasteiger partial charge is 0.345 e. The summed E-state index contributed by atoms with van der Waals surface area (Å²) >= 11 is 1.28. The van der Waals surface area contributed by atoms with E-state index in [4.69, 9.17) is 9.15 Å². The van der Waals surface area contributed by atoms with E-state index in [1.807, 2.05) is 38.1 Å². The molecule has 1 N–H and O–H groups in total. The summed E-state index contributed by atoms with van der Waals surface area (Å²) < 4.78 is 11.7. The van der Waals surface area contributed by atoms with Crippen LogP contribution in [0.4, 0.5) is 5.69 Å². The van der Waals surface area contributed by atoms with Gasteiger partial charge in [-0.25, -0.2) is 4.79 Å². The quantitative estimate of drug-likeness (QED) is 0.509. The first-order valence-electron chi connectivity index (χ1n) is 8.57. The minimum atomic E-state index is -0.439. The third-order valence-corrected chi connectivity index (χ3v) is 5.36. The molecule has 2 aromatic heterocycles. The van der Waals surface area contributed by atoms with Crippen LogP contribution in [0.15, 0.2) is 57.7 Å². The van der Waals surface area contributed by atoms with Gasteiger partial charge in [0.1, 0.15) is 11.3 Å². The van der Waals surface area contributed by atoms with Crippen LogP contribution in [0.2, 0.25) is 0 Å². The summed E-state index contributed by atoms with van der Waals surface area (Å²) in [5.41, 5.74) is 1.73. The maximum atomic E-state index is 12.8. The molecule has 0 aliphatic rings. The second kappa shape index (κ2) is 6.89. The van der Waals surface area contributed by atoms with Gasteiger partial charge in [-0.2, -0.15) is 0 Å². The van der Waals surface area contributed by atoms with E-state index in [1.54, 1.807) is 24.3 Å². The van der Waals surface area contributed by atoms with Gasteiger partial charge in [-0.15, -0.1) is 11.3 Å². The third kappa shape index (κ3) is 3.19. The molecule has 0 unspecified atom stereocenters. The van der Waals surface area contributed by atoms with Gasteiger partial charge in [0, 0.05) is 5.39 Å². The summed E-state index contributed by atoms with van der Waals surface area (Å²) in [7, 11) is 0. The molecule has 136 valence electrons. The Balaban J connectivity index is 1.77. The van der Waals surface area contributed by atoms with E-state index in [0.717, 1.165) is 15.6 Å². The second-order valence-electron chi connectivity index (χ2n) is 6.13. The summed E-state index contributed by atoms with van der Waals surface area (Å²) in [5.74, 6) is 0.318. The van der Waals surface area contributed by atoms with Gasteiger partial charge in [0.05, 0.1) is 27.3 Å². The Morgan fingerprint density at radius 1 is 1.15 bits per heavy atom. The Kier molecular flexibility index (Phi) is 4.41. The van der Waals surface area contributed by atoms with Crippen LogP contribution in [0.25, 0.3) is 21.1 Å². The lowest BCUT2D eigenvalue weighted by atomic mass is 10.1. The standard InChI is InChI=1S/C21H17NO4S/c1-3-25-17-7-5-4-6-15(17)22-20(23)18-11-14-19(27-18)13-10-12(2)8-9-16(13)26-21(14)24/h4-11H,3H2,1-2H3,(H,22,23). The maximum Gasteiger partial charge on any atom is 0.345 e. The monoisotopic (exact) mass is 379 g/mol. The molecule has 2 aromatic carbocycles. The zero-order valence-electron chi connectivity index (χ0n) is 14.9. The van der Waals surface area contributed by atoms with Crippen molar-refractivity contribution in [2.75, 3.05) is 11.9 Å². The van der Waals surface area contributed by atoms with Gasteiger partial charge in [0.15, 0.2) is 0 Å². The lowest BCUT2D eigenvalue weighted by Gasteiger charge is -2.10. The molecular formula is C21H17NO4S. The van der Waals surface area contributed by atoms with Crippen molar-refractivity contribution in [3.8, 4) is 5.75 Å². The Labute approximate surface area is 159 Å². The number of aryl methyl sites for hydroxylation is 1. The van der Waals surface area contributed by atoms with Gasteiger partial charge in [0.2, 0.25) is 0 Å². The van der Waals surface area contributed by atoms with Crippen LogP contribution in [0.5, 0.6) is 5.75 Å². The normalized spacial score (nSPS) is 11.0. The molecular weight excluding hydrogens is 362 g/mol. The number of nitrogens with one attached hydrogen (secondary N) is 1. The van der Waals surface area contributed by atoms with Crippen molar-refractivity contribution < 1.29 is 13.9 Å². The molecule has 0 atom stereocenters. The number of hydrogen-bond acceptors (Lipinski definition) is 5. The Hall–Kier alpha value is -3.12. The predicted molar refractivity (Wildman–Crippen MR) is 108 cm³/mol. The molecule has 6 heteroatoms. The molecule has 4 aromatic rings. The van der Waals surface area contributed by atoms with Crippen LogP contribution in [0, 0.1) is 6.92 Å². The van der Waals surface area contributed by atoms with Crippen LogP contribution in [0.3, 0.4) is 0 Å². The largest absolute Gasteiger partial charge is 0.492 e. The van der Waals surface area contributed by atoms with Gasteiger partial charge < -0.3 is 14.5 Å². The fraction of sp³-hybridized carbons (Fsp3) is 0.143. The first-order chi connectivity index (χ1) is 13.1. The van der Waals surface area contributed by atoms with E-state index >= 15 is 0 Å². The SMILES string of the molecule is CCOc1ccccc1NC(=O)c1cc2c(=O)oc3ccc(C)cc3c2s1. The number of carbonyl (C=O) groups is 1. The van der Waals surface area contributed by atoms with E-state index in [-0.39, 0.29) is 5.91 Å². The minimum Gasteiger partial charge on any atom is -0.492 e. The number of carbonyl (C=O) groups excluding carboxylic acids is 1. The molecule has 27 heavy (non-hydrogen) atoms. The molecule has 0 aliphatic carbocycles. The Bertz CT molecular complexity index is 1220. The number of ether oxygens (including phenoxy) is 1. The molecule has 0 radical (unpaired) electrons. The fourth-order valence-corrected chi connectivity index (χ4v) is 4.02. The van der Waals surface area contributed by atoms with Gasteiger partial charge in [0.25, 0.3) is 5.91 Å². The summed E-state index contributed by atoms with van der Waals surface area (Å²) in [6.45, 7) is 4.36. The van der Waals surface area contributed by atoms with E-state index < -0.39 is 5.63 Å². The summed E-state index contributed by atoms with van der Waals surface area (Å²) in [6, 6.07) is 14.5. The molecule has 0 spiro atoms. The van der Waals surface area contributed by atoms with Crippen molar-refractivity contribution >= 4 is 44.0 Å². The first-order valence-corrected chi connectivity index (χ1v) is 9.38. The molecule has 0 aliphatic heterocycles. The van der Waals surface area contributed by atoms with Crippen molar-refractivity contribution in [2.24, 2.45) is 0 Å². The van der Waals surface area contributed by atoms with Crippen LogP contribution in [-0.2, 0) is 0 Å². The zero-order valence-corrected chi connectivity index (χ0v) is 15.7.